The minimum Gasteiger partial charge on any atom is -0.393 e. The third-order valence-electron chi connectivity index (χ3n) is 2.63. The minimum atomic E-state index is 0.0376. The maximum Gasteiger partial charge on any atom is 0.0545 e. The quantitative estimate of drug-likeness (QED) is 0.518. The molecule has 0 spiro atoms. The Bertz CT molecular complexity index is 105. The van der Waals surface area contributed by atoms with Crippen LogP contribution in [-0.2, 0) is 0 Å². The molecule has 0 amide bonds. The van der Waals surface area contributed by atoms with Gasteiger partial charge in [0.25, 0.3) is 0 Å². The van der Waals surface area contributed by atoms with Crippen LogP contribution in [-0.4, -0.2) is 24.3 Å². The normalized spacial score (nSPS) is 43.7. The SMILES string of the molecule is OC1CC(C2CNC2)C1. The van der Waals surface area contributed by atoms with E-state index < -0.39 is 0 Å². The maximum atomic E-state index is 8.97. The van der Waals surface area contributed by atoms with Gasteiger partial charge in [-0.05, 0) is 37.8 Å². The fourth-order valence-electron chi connectivity index (χ4n) is 1.66. The number of rotatable bonds is 1. The van der Waals surface area contributed by atoms with Crippen molar-refractivity contribution in [3.63, 3.8) is 0 Å². The largest absolute Gasteiger partial charge is 0.393 e. The third kappa shape index (κ3) is 0.864. The van der Waals surface area contributed by atoms with Gasteiger partial charge < -0.3 is 10.4 Å². The van der Waals surface area contributed by atoms with Gasteiger partial charge in [-0.2, -0.15) is 0 Å². The van der Waals surface area contributed by atoms with E-state index >= 15 is 0 Å². The van der Waals surface area contributed by atoms with Crippen molar-refractivity contribution < 1.29 is 5.11 Å². The number of aliphatic hydroxyl groups excluding tert-OH is 1. The van der Waals surface area contributed by atoms with Crippen LogP contribution < -0.4 is 5.32 Å². The van der Waals surface area contributed by atoms with Gasteiger partial charge in [0.2, 0.25) is 0 Å². The van der Waals surface area contributed by atoms with Crippen molar-refractivity contribution in [2.24, 2.45) is 11.8 Å². The Kier molecular flexibility index (Phi) is 1.24. The monoisotopic (exact) mass is 127 g/mol. The van der Waals surface area contributed by atoms with Crippen molar-refractivity contribution in [1.82, 2.24) is 5.32 Å². The molecule has 9 heavy (non-hydrogen) atoms. The molecule has 0 atom stereocenters. The fraction of sp³-hybridized carbons (Fsp3) is 1.00. The van der Waals surface area contributed by atoms with Gasteiger partial charge in [0.15, 0.2) is 0 Å². The summed E-state index contributed by atoms with van der Waals surface area (Å²) >= 11 is 0. The highest BCUT2D eigenvalue weighted by Gasteiger charge is 2.36. The first kappa shape index (κ1) is 5.69. The van der Waals surface area contributed by atoms with E-state index in [1.54, 1.807) is 0 Å². The van der Waals surface area contributed by atoms with Crippen LogP contribution >= 0.6 is 0 Å². The molecule has 0 unspecified atom stereocenters. The molecule has 1 aliphatic heterocycles. The number of aliphatic hydroxyl groups is 1. The molecule has 0 aromatic heterocycles. The van der Waals surface area contributed by atoms with E-state index in [-0.39, 0.29) is 6.10 Å². The molecule has 2 rings (SSSR count). The average molecular weight is 127 g/mol. The van der Waals surface area contributed by atoms with Gasteiger partial charge in [0, 0.05) is 0 Å². The zero-order chi connectivity index (χ0) is 6.27. The fourth-order valence-corrected chi connectivity index (χ4v) is 1.66. The summed E-state index contributed by atoms with van der Waals surface area (Å²) in [4.78, 5) is 0. The van der Waals surface area contributed by atoms with Gasteiger partial charge in [0.1, 0.15) is 0 Å². The van der Waals surface area contributed by atoms with E-state index in [9.17, 15) is 0 Å². The second kappa shape index (κ2) is 1.96. The van der Waals surface area contributed by atoms with Crippen LogP contribution in [0.1, 0.15) is 12.8 Å². The Hall–Kier alpha value is -0.0800. The first-order chi connectivity index (χ1) is 4.36. The first-order valence-electron chi connectivity index (χ1n) is 3.75. The summed E-state index contributed by atoms with van der Waals surface area (Å²) in [6.07, 6.45) is 2.16. The molecule has 0 radical (unpaired) electrons. The minimum absolute atomic E-state index is 0.0376. The lowest BCUT2D eigenvalue weighted by molar-refractivity contribution is 0.00122. The second-order valence-corrected chi connectivity index (χ2v) is 3.30. The Labute approximate surface area is 55.3 Å². The summed E-state index contributed by atoms with van der Waals surface area (Å²) in [5, 5.41) is 12.2. The van der Waals surface area contributed by atoms with Crippen LogP contribution in [0.4, 0.5) is 0 Å². The van der Waals surface area contributed by atoms with Gasteiger partial charge in [-0.3, -0.25) is 0 Å². The van der Waals surface area contributed by atoms with E-state index in [4.69, 9.17) is 5.11 Å². The molecule has 2 aliphatic rings. The van der Waals surface area contributed by atoms with Crippen molar-refractivity contribution in [2.45, 2.75) is 18.9 Å². The maximum absolute atomic E-state index is 8.97. The van der Waals surface area contributed by atoms with Crippen molar-refractivity contribution in [3.8, 4) is 0 Å². The zero-order valence-corrected chi connectivity index (χ0v) is 5.51. The number of hydrogen-bond acceptors (Lipinski definition) is 2. The molecule has 52 valence electrons. The lowest BCUT2D eigenvalue weighted by Gasteiger charge is -2.42. The van der Waals surface area contributed by atoms with Crippen molar-refractivity contribution >= 4 is 0 Å². The van der Waals surface area contributed by atoms with Crippen LogP contribution in [0.5, 0.6) is 0 Å². The first-order valence-corrected chi connectivity index (χ1v) is 3.75. The standard InChI is InChI=1S/C7H13NO/c9-7-1-5(2-7)6-3-8-4-6/h5-9H,1-4H2. The molecule has 2 heteroatoms. The van der Waals surface area contributed by atoms with Crippen LogP contribution in [0.3, 0.4) is 0 Å². The molecule has 0 aromatic carbocycles. The number of nitrogens with one attached hydrogen (secondary N) is 1. The predicted octanol–water partition coefficient (Wildman–Crippen LogP) is -0.0233. The van der Waals surface area contributed by atoms with Crippen LogP contribution in [0, 0.1) is 11.8 Å². The lowest BCUT2D eigenvalue weighted by Crippen LogP contribution is -2.50. The highest BCUT2D eigenvalue weighted by molar-refractivity contribution is 4.90. The summed E-state index contributed by atoms with van der Waals surface area (Å²) in [5.74, 6) is 1.75. The highest BCUT2D eigenvalue weighted by atomic mass is 16.3. The average Bonchev–Trinajstić information content (AvgIpc) is 1.57. The van der Waals surface area contributed by atoms with Gasteiger partial charge in [-0.25, -0.2) is 0 Å². The van der Waals surface area contributed by atoms with Gasteiger partial charge in [0.05, 0.1) is 6.10 Å². The van der Waals surface area contributed by atoms with Crippen molar-refractivity contribution in [3.05, 3.63) is 0 Å². The van der Waals surface area contributed by atoms with Gasteiger partial charge >= 0.3 is 0 Å². The Morgan fingerprint density at radius 3 is 2.11 bits per heavy atom. The van der Waals surface area contributed by atoms with E-state index in [1.165, 1.54) is 13.1 Å². The topological polar surface area (TPSA) is 32.3 Å². The Morgan fingerprint density at radius 2 is 1.78 bits per heavy atom. The summed E-state index contributed by atoms with van der Waals surface area (Å²) < 4.78 is 0. The molecular formula is C7H13NO. The third-order valence-corrected chi connectivity index (χ3v) is 2.63. The molecule has 0 aromatic rings. The van der Waals surface area contributed by atoms with E-state index in [2.05, 4.69) is 5.32 Å². The van der Waals surface area contributed by atoms with Crippen LogP contribution in [0.2, 0.25) is 0 Å². The van der Waals surface area contributed by atoms with Crippen LogP contribution in [0.25, 0.3) is 0 Å². The smallest absolute Gasteiger partial charge is 0.0545 e. The van der Waals surface area contributed by atoms with E-state index in [1.807, 2.05) is 0 Å². The van der Waals surface area contributed by atoms with Gasteiger partial charge in [-0.15, -0.1) is 0 Å². The molecule has 2 fully saturated rings. The summed E-state index contributed by atoms with van der Waals surface area (Å²) in [5.41, 5.74) is 0. The molecule has 1 saturated carbocycles. The number of hydrogen-bond donors (Lipinski definition) is 2. The molecule has 0 bridgehead atoms. The van der Waals surface area contributed by atoms with Crippen molar-refractivity contribution in [1.29, 1.82) is 0 Å². The predicted molar refractivity (Wildman–Crippen MR) is 35.1 cm³/mol. The molecule has 2 nitrogen and oxygen atoms in total. The molecule has 1 aliphatic carbocycles. The summed E-state index contributed by atoms with van der Waals surface area (Å²) in [7, 11) is 0. The highest BCUT2D eigenvalue weighted by Crippen LogP contribution is 2.35. The molecule has 1 saturated heterocycles. The molecule has 1 heterocycles. The van der Waals surface area contributed by atoms with Gasteiger partial charge in [-0.1, -0.05) is 0 Å². The summed E-state index contributed by atoms with van der Waals surface area (Å²) in [6, 6.07) is 0. The Balaban J connectivity index is 1.75. The zero-order valence-electron chi connectivity index (χ0n) is 5.51. The summed E-state index contributed by atoms with van der Waals surface area (Å²) in [6.45, 7) is 2.38. The second-order valence-electron chi connectivity index (χ2n) is 3.30. The van der Waals surface area contributed by atoms with E-state index in [0.29, 0.717) is 0 Å². The molecule has 2 N–H and O–H groups in total. The van der Waals surface area contributed by atoms with E-state index in [0.717, 1.165) is 24.7 Å². The van der Waals surface area contributed by atoms with Crippen LogP contribution in [0.15, 0.2) is 0 Å². The Morgan fingerprint density at radius 1 is 1.11 bits per heavy atom. The lowest BCUT2D eigenvalue weighted by atomic mass is 9.71. The van der Waals surface area contributed by atoms with Crippen molar-refractivity contribution in [2.75, 3.05) is 13.1 Å². The molecular weight excluding hydrogens is 114 g/mol.